The predicted molar refractivity (Wildman–Crippen MR) is 91.5 cm³/mol. The van der Waals surface area contributed by atoms with Crippen molar-refractivity contribution in [1.82, 2.24) is 9.47 Å². The lowest BCUT2D eigenvalue weighted by Gasteiger charge is -2.42. The van der Waals surface area contributed by atoms with E-state index < -0.39 is 0 Å². The number of pyridine rings is 1. The fraction of sp³-hybridized carbons (Fsp3) is 0.333. The molecule has 2 aromatic rings. The molecule has 0 aliphatic carbocycles. The molecule has 0 radical (unpaired) electrons. The Kier molecular flexibility index (Phi) is 3.65. The number of rotatable bonds is 2. The molecule has 2 unspecified atom stereocenters. The SMILES string of the molecule is O=C(C=Cc1cccs1)N1CC2CC(C1)c1cccc(=O)n1C2. The van der Waals surface area contributed by atoms with Crippen LogP contribution in [0.5, 0.6) is 0 Å². The summed E-state index contributed by atoms with van der Waals surface area (Å²) >= 11 is 1.63. The fourth-order valence-corrected chi connectivity index (χ4v) is 4.34. The van der Waals surface area contributed by atoms with Gasteiger partial charge in [0.1, 0.15) is 0 Å². The van der Waals surface area contributed by atoms with Crippen molar-refractivity contribution in [2.75, 3.05) is 13.1 Å². The molecule has 4 nitrogen and oxygen atoms in total. The van der Waals surface area contributed by atoms with Crippen LogP contribution < -0.4 is 5.56 Å². The average Bonchev–Trinajstić information content (AvgIpc) is 3.07. The Morgan fingerprint density at radius 3 is 2.91 bits per heavy atom. The van der Waals surface area contributed by atoms with E-state index in [1.54, 1.807) is 23.5 Å². The summed E-state index contributed by atoms with van der Waals surface area (Å²) in [7, 11) is 0. The highest BCUT2D eigenvalue weighted by Gasteiger charge is 2.35. The van der Waals surface area contributed by atoms with Crippen molar-refractivity contribution in [2.45, 2.75) is 18.9 Å². The molecular weight excluding hydrogens is 308 g/mol. The van der Waals surface area contributed by atoms with Gasteiger partial charge < -0.3 is 9.47 Å². The van der Waals surface area contributed by atoms with E-state index in [1.807, 2.05) is 45.2 Å². The van der Waals surface area contributed by atoms with Gasteiger partial charge in [-0.25, -0.2) is 0 Å². The van der Waals surface area contributed by atoms with Crippen molar-refractivity contribution in [3.05, 3.63) is 62.7 Å². The second-order valence-corrected chi connectivity index (χ2v) is 7.27. The quantitative estimate of drug-likeness (QED) is 0.796. The van der Waals surface area contributed by atoms with Gasteiger partial charge in [-0.3, -0.25) is 9.59 Å². The molecule has 0 aromatic carbocycles. The van der Waals surface area contributed by atoms with E-state index in [2.05, 4.69) is 0 Å². The molecule has 23 heavy (non-hydrogen) atoms. The summed E-state index contributed by atoms with van der Waals surface area (Å²) in [4.78, 5) is 27.5. The monoisotopic (exact) mass is 326 g/mol. The van der Waals surface area contributed by atoms with Crippen molar-refractivity contribution < 1.29 is 4.79 Å². The van der Waals surface area contributed by atoms with Gasteiger partial charge in [0, 0.05) is 48.3 Å². The van der Waals surface area contributed by atoms with Gasteiger partial charge in [-0.1, -0.05) is 12.1 Å². The second-order valence-electron chi connectivity index (χ2n) is 6.29. The zero-order chi connectivity index (χ0) is 15.8. The number of likely N-dealkylation sites (tertiary alicyclic amines) is 1. The first-order valence-electron chi connectivity index (χ1n) is 7.91. The molecule has 4 rings (SSSR count). The van der Waals surface area contributed by atoms with E-state index in [1.165, 1.54) is 0 Å². The number of nitrogens with zero attached hydrogens (tertiary/aromatic N) is 2. The third kappa shape index (κ3) is 2.77. The summed E-state index contributed by atoms with van der Waals surface area (Å²) in [6.45, 7) is 2.17. The minimum Gasteiger partial charge on any atom is -0.338 e. The largest absolute Gasteiger partial charge is 0.338 e. The highest BCUT2D eigenvalue weighted by Crippen LogP contribution is 2.35. The topological polar surface area (TPSA) is 42.3 Å². The van der Waals surface area contributed by atoms with Crippen LogP contribution in [0.3, 0.4) is 0 Å². The molecule has 4 heterocycles. The number of amides is 1. The van der Waals surface area contributed by atoms with Crippen LogP contribution in [0.4, 0.5) is 0 Å². The molecule has 1 amide bonds. The van der Waals surface area contributed by atoms with Gasteiger partial charge >= 0.3 is 0 Å². The summed E-state index contributed by atoms with van der Waals surface area (Å²) in [5.74, 6) is 0.718. The van der Waals surface area contributed by atoms with Crippen molar-refractivity contribution in [3.8, 4) is 0 Å². The number of aromatic nitrogens is 1. The van der Waals surface area contributed by atoms with Crippen LogP contribution in [0.2, 0.25) is 0 Å². The predicted octanol–water partition coefficient (Wildman–Crippen LogP) is 2.57. The number of carbonyl (C=O) groups excluding carboxylic acids is 1. The van der Waals surface area contributed by atoms with Gasteiger partial charge in [0.2, 0.25) is 5.91 Å². The lowest BCUT2D eigenvalue weighted by molar-refractivity contribution is -0.128. The molecule has 2 bridgehead atoms. The Balaban J connectivity index is 1.54. The molecule has 2 aliphatic heterocycles. The molecule has 0 spiro atoms. The lowest BCUT2D eigenvalue weighted by Crippen LogP contribution is -2.48. The summed E-state index contributed by atoms with van der Waals surface area (Å²) < 4.78 is 1.89. The van der Waals surface area contributed by atoms with E-state index in [9.17, 15) is 9.59 Å². The van der Waals surface area contributed by atoms with Crippen molar-refractivity contribution >= 4 is 23.3 Å². The zero-order valence-electron chi connectivity index (χ0n) is 12.7. The van der Waals surface area contributed by atoms with Crippen LogP contribution in [-0.4, -0.2) is 28.5 Å². The van der Waals surface area contributed by atoms with Crippen molar-refractivity contribution in [3.63, 3.8) is 0 Å². The second kappa shape index (κ2) is 5.81. The Labute approximate surface area is 138 Å². The first kappa shape index (κ1) is 14.5. The van der Waals surface area contributed by atoms with E-state index in [-0.39, 0.29) is 17.4 Å². The van der Waals surface area contributed by atoms with Crippen LogP contribution in [-0.2, 0) is 11.3 Å². The number of hydrogen-bond donors (Lipinski definition) is 0. The fourth-order valence-electron chi connectivity index (χ4n) is 3.72. The van der Waals surface area contributed by atoms with Crippen LogP contribution in [0.25, 0.3) is 6.08 Å². The Bertz CT molecular complexity index is 807. The minimum absolute atomic E-state index is 0.0693. The summed E-state index contributed by atoms with van der Waals surface area (Å²) in [6.07, 6.45) is 4.63. The molecule has 2 aromatic heterocycles. The van der Waals surface area contributed by atoms with Crippen LogP contribution >= 0.6 is 11.3 Å². The van der Waals surface area contributed by atoms with Gasteiger partial charge in [-0.2, -0.15) is 0 Å². The van der Waals surface area contributed by atoms with E-state index in [0.29, 0.717) is 12.5 Å². The Morgan fingerprint density at radius 1 is 1.17 bits per heavy atom. The van der Waals surface area contributed by atoms with Gasteiger partial charge in [0.25, 0.3) is 5.56 Å². The maximum absolute atomic E-state index is 12.5. The van der Waals surface area contributed by atoms with Gasteiger partial charge in [0.15, 0.2) is 0 Å². The third-order valence-electron chi connectivity index (χ3n) is 4.72. The van der Waals surface area contributed by atoms with Gasteiger partial charge in [0.05, 0.1) is 0 Å². The highest BCUT2D eigenvalue weighted by atomic mass is 32.1. The molecule has 2 aliphatic rings. The van der Waals surface area contributed by atoms with Crippen molar-refractivity contribution in [2.24, 2.45) is 5.92 Å². The highest BCUT2D eigenvalue weighted by molar-refractivity contribution is 7.10. The van der Waals surface area contributed by atoms with Gasteiger partial charge in [-0.05, 0) is 35.9 Å². The van der Waals surface area contributed by atoms with E-state index in [4.69, 9.17) is 0 Å². The third-order valence-corrected chi connectivity index (χ3v) is 5.56. The molecule has 1 fully saturated rings. The first-order valence-corrected chi connectivity index (χ1v) is 8.79. The lowest BCUT2D eigenvalue weighted by atomic mass is 9.83. The summed E-state index contributed by atoms with van der Waals surface area (Å²) in [5.41, 5.74) is 1.16. The molecule has 0 N–H and O–H groups in total. The van der Waals surface area contributed by atoms with Crippen LogP contribution in [0.1, 0.15) is 22.9 Å². The molecule has 2 atom stereocenters. The summed E-state index contributed by atoms with van der Waals surface area (Å²) in [6, 6.07) is 9.46. The number of hydrogen-bond acceptors (Lipinski definition) is 3. The number of thiophene rings is 1. The zero-order valence-corrected chi connectivity index (χ0v) is 13.5. The van der Waals surface area contributed by atoms with E-state index in [0.717, 1.165) is 30.1 Å². The average molecular weight is 326 g/mol. The van der Waals surface area contributed by atoms with Crippen molar-refractivity contribution in [1.29, 1.82) is 0 Å². The van der Waals surface area contributed by atoms with Crippen LogP contribution in [0, 0.1) is 5.92 Å². The number of fused-ring (bicyclic) bond motifs is 4. The van der Waals surface area contributed by atoms with Gasteiger partial charge in [-0.15, -0.1) is 11.3 Å². The molecule has 118 valence electrons. The first-order chi connectivity index (χ1) is 11.2. The summed E-state index contributed by atoms with van der Waals surface area (Å²) in [5, 5.41) is 2.00. The normalized spacial score (nSPS) is 23.0. The Hall–Kier alpha value is -2.14. The standard InChI is InChI=1S/C18H18N2O2S/c21-17(7-6-15-3-2-8-23-15)19-10-13-9-14(12-19)16-4-1-5-18(22)20(16)11-13/h1-8,13-14H,9-12H2. The van der Waals surface area contributed by atoms with E-state index >= 15 is 0 Å². The number of piperidine rings is 1. The molecule has 1 saturated heterocycles. The smallest absolute Gasteiger partial charge is 0.250 e. The Morgan fingerprint density at radius 2 is 2.09 bits per heavy atom. The minimum atomic E-state index is 0.0693. The molecule has 0 saturated carbocycles. The molecular formula is C18H18N2O2S. The maximum Gasteiger partial charge on any atom is 0.250 e. The maximum atomic E-state index is 12.5. The number of carbonyl (C=O) groups is 1. The van der Waals surface area contributed by atoms with Crippen LogP contribution in [0.15, 0.2) is 46.6 Å². The molecule has 5 heteroatoms.